The molecule has 9 heteroatoms. The van der Waals surface area contributed by atoms with Gasteiger partial charge in [-0.2, -0.15) is 21.6 Å². The average Bonchev–Trinajstić information content (AvgIpc) is 2.42. The van der Waals surface area contributed by atoms with Crippen LogP contribution in [0.1, 0.15) is 0 Å². The van der Waals surface area contributed by atoms with Gasteiger partial charge >= 0.3 is 15.5 Å². The molecule has 2 aromatic carbocycles. The Bertz CT molecular complexity index is 758. The molecular formula is C13H9F4NO3S. The largest absolute Gasteiger partial charge is 0.516 e. The van der Waals surface area contributed by atoms with E-state index in [-0.39, 0.29) is 17.2 Å². The first-order valence-corrected chi connectivity index (χ1v) is 7.29. The lowest BCUT2D eigenvalue weighted by Gasteiger charge is -2.14. The summed E-state index contributed by atoms with van der Waals surface area (Å²) in [6, 6.07) is 9.88. The molecule has 0 heterocycles. The summed E-state index contributed by atoms with van der Waals surface area (Å²) in [6.07, 6.45) is 0. The Morgan fingerprint density at radius 2 is 1.55 bits per heavy atom. The number of hydrogen-bond donors (Lipinski definition) is 1. The zero-order chi connectivity index (χ0) is 16.4. The molecule has 0 aromatic heterocycles. The van der Waals surface area contributed by atoms with Gasteiger partial charge in [0.1, 0.15) is 11.6 Å². The molecule has 0 amide bonds. The molecule has 4 nitrogen and oxygen atoms in total. The molecule has 0 saturated heterocycles. The minimum absolute atomic E-state index is 0.139. The molecule has 22 heavy (non-hydrogen) atoms. The van der Waals surface area contributed by atoms with Crippen LogP contribution in [0.2, 0.25) is 0 Å². The molecule has 0 atom stereocenters. The third kappa shape index (κ3) is 3.67. The summed E-state index contributed by atoms with van der Waals surface area (Å²) >= 11 is 0. The van der Waals surface area contributed by atoms with E-state index in [0.717, 1.165) is 18.2 Å². The van der Waals surface area contributed by atoms with Crippen LogP contribution in [0.3, 0.4) is 0 Å². The number of anilines is 1. The van der Waals surface area contributed by atoms with Crippen molar-refractivity contribution in [2.45, 2.75) is 5.51 Å². The van der Waals surface area contributed by atoms with Gasteiger partial charge in [-0.15, -0.1) is 0 Å². The third-order valence-corrected chi connectivity index (χ3v) is 3.58. The molecule has 1 N–H and O–H groups in total. The maximum atomic E-state index is 12.8. The van der Waals surface area contributed by atoms with Crippen molar-refractivity contribution in [3.63, 3.8) is 0 Å². The zero-order valence-electron chi connectivity index (χ0n) is 10.8. The molecule has 0 bridgehead atoms. The quantitative estimate of drug-likeness (QED) is 0.863. The summed E-state index contributed by atoms with van der Waals surface area (Å²) in [5.74, 6) is -0.527. The molecule has 0 aliphatic carbocycles. The van der Waals surface area contributed by atoms with Gasteiger partial charge in [-0.3, -0.25) is 4.72 Å². The van der Waals surface area contributed by atoms with Crippen LogP contribution >= 0.6 is 0 Å². The highest BCUT2D eigenvalue weighted by molar-refractivity contribution is 7.93. The molecule has 0 aliphatic rings. The van der Waals surface area contributed by atoms with Gasteiger partial charge in [0.05, 0.1) is 5.69 Å². The third-order valence-electron chi connectivity index (χ3n) is 2.48. The predicted molar refractivity (Wildman–Crippen MR) is 71.5 cm³/mol. The number of para-hydroxylation sites is 2. The fourth-order valence-electron chi connectivity index (χ4n) is 1.47. The monoisotopic (exact) mass is 335 g/mol. The van der Waals surface area contributed by atoms with Crippen molar-refractivity contribution < 1.29 is 30.7 Å². The standard InChI is InChI=1S/C13H9F4NO3S/c14-9-5-7-10(8-6-9)21-12-4-2-1-3-11(12)18-22(19,20)13(15,16)17/h1-8,18H. The summed E-state index contributed by atoms with van der Waals surface area (Å²) in [4.78, 5) is 0. The van der Waals surface area contributed by atoms with Gasteiger partial charge in [0.2, 0.25) is 0 Å². The van der Waals surface area contributed by atoms with E-state index in [1.54, 1.807) is 0 Å². The Hall–Kier alpha value is -2.29. The summed E-state index contributed by atoms with van der Waals surface area (Å²) in [7, 11) is -5.56. The number of nitrogens with one attached hydrogen (secondary N) is 1. The number of alkyl halides is 3. The first-order valence-electron chi connectivity index (χ1n) is 5.80. The number of ether oxygens (including phenoxy) is 1. The van der Waals surface area contributed by atoms with E-state index in [1.165, 1.54) is 35.1 Å². The van der Waals surface area contributed by atoms with Crippen LogP contribution in [0.5, 0.6) is 11.5 Å². The van der Waals surface area contributed by atoms with Gasteiger partial charge < -0.3 is 4.74 Å². The molecule has 2 aromatic rings. The molecular weight excluding hydrogens is 326 g/mol. The predicted octanol–water partition coefficient (Wildman–Crippen LogP) is 3.88. The fourth-order valence-corrected chi connectivity index (χ4v) is 2.05. The Morgan fingerprint density at radius 1 is 0.955 bits per heavy atom. The first kappa shape index (κ1) is 16.1. The molecule has 0 unspecified atom stereocenters. The van der Waals surface area contributed by atoms with Crippen molar-refractivity contribution in [3.05, 3.63) is 54.3 Å². The number of rotatable bonds is 4. The van der Waals surface area contributed by atoms with Crippen molar-refractivity contribution in [3.8, 4) is 11.5 Å². The molecule has 2 rings (SSSR count). The molecule has 0 saturated carbocycles. The number of sulfonamides is 1. The number of halogens is 4. The van der Waals surface area contributed by atoms with Crippen LogP contribution in [0.25, 0.3) is 0 Å². The molecule has 118 valence electrons. The highest BCUT2D eigenvalue weighted by atomic mass is 32.2. The smallest absolute Gasteiger partial charge is 0.455 e. The fraction of sp³-hybridized carbons (Fsp3) is 0.0769. The van der Waals surface area contributed by atoms with Gasteiger partial charge in [0.25, 0.3) is 0 Å². The molecule has 0 spiro atoms. The van der Waals surface area contributed by atoms with Crippen LogP contribution in [0, 0.1) is 5.82 Å². The Morgan fingerprint density at radius 3 is 2.14 bits per heavy atom. The van der Waals surface area contributed by atoms with E-state index in [2.05, 4.69) is 0 Å². The number of benzene rings is 2. The van der Waals surface area contributed by atoms with Crippen LogP contribution in [-0.4, -0.2) is 13.9 Å². The van der Waals surface area contributed by atoms with Gasteiger partial charge in [-0.25, -0.2) is 4.39 Å². The van der Waals surface area contributed by atoms with Gasteiger partial charge in [-0.05, 0) is 36.4 Å². The highest BCUT2D eigenvalue weighted by Gasteiger charge is 2.46. The van der Waals surface area contributed by atoms with E-state index in [1.807, 2.05) is 0 Å². The summed E-state index contributed by atoms with van der Waals surface area (Å²) < 4.78 is 78.9. The molecule has 0 fully saturated rings. The highest BCUT2D eigenvalue weighted by Crippen LogP contribution is 2.33. The van der Waals surface area contributed by atoms with Gasteiger partial charge in [-0.1, -0.05) is 12.1 Å². The van der Waals surface area contributed by atoms with Gasteiger partial charge in [0.15, 0.2) is 5.75 Å². The van der Waals surface area contributed by atoms with E-state index in [9.17, 15) is 26.0 Å². The zero-order valence-corrected chi connectivity index (χ0v) is 11.6. The van der Waals surface area contributed by atoms with Crippen LogP contribution < -0.4 is 9.46 Å². The Balaban J connectivity index is 2.29. The lowest BCUT2D eigenvalue weighted by atomic mass is 10.3. The SMILES string of the molecule is O=S(=O)(Nc1ccccc1Oc1ccc(F)cc1)C(F)(F)F. The lowest BCUT2D eigenvalue weighted by molar-refractivity contribution is -0.0429. The normalized spacial score (nSPS) is 12.0. The Labute approximate surface area is 123 Å². The number of hydrogen-bond acceptors (Lipinski definition) is 3. The topological polar surface area (TPSA) is 55.4 Å². The Kier molecular flexibility index (Phi) is 4.27. The van der Waals surface area contributed by atoms with Crippen LogP contribution in [0.4, 0.5) is 23.2 Å². The molecule has 0 aliphatic heterocycles. The van der Waals surface area contributed by atoms with E-state index >= 15 is 0 Å². The lowest BCUT2D eigenvalue weighted by Crippen LogP contribution is -2.30. The van der Waals surface area contributed by atoms with Crippen molar-refractivity contribution in [2.75, 3.05) is 4.72 Å². The minimum Gasteiger partial charge on any atom is -0.455 e. The van der Waals surface area contributed by atoms with Crippen molar-refractivity contribution in [1.29, 1.82) is 0 Å². The second-order valence-electron chi connectivity index (χ2n) is 4.10. The van der Waals surface area contributed by atoms with E-state index in [4.69, 9.17) is 4.74 Å². The van der Waals surface area contributed by atoms with Crippen molar-refractivity contribution in [1.82, 2.24) is 0 Å². The van der Waals surface area contributed by atoms with Crippen LogP contribution in [0.15, 0.2) is 48.5 Å². The van der Waals surface area contributed by atoms with Crippen molar-refractivity contribution >= 4 is 15.7 Å². The second-order valence-corrected chi connectivity index (χ2v) is 5.78. The summed E-state index contributed by atoms with van der Waals surface area (Å²) in [6.45, 7) is 0. The van der Waals surface area contributed by atoms with Gasteiger partial charge in [0, 0.05) is 0 Å². The van der Waals surface area contributed by atoms with Crippen molar-refractivity contribution in [2.24, 2.45) is 0 Å². The maximum Gasteiger partial charge on any atom is 0.516 e. The van der Waals surface area contributed by atoms with E-state index in [0.29, 0.717) is 0 Å². The molecule has 0 radical (unpaired) electrons. The first-order chi connectivity index (χ1) is 10.2. The summed E-state index contributed by atoms with van der Waals surface area (Å²) in [5.41, 5.74) is -5.83. The minimum atomic E-state index is -5.56. The average molecular weight is 335 g/mol. The summed E-state index contributed by atoms with van der Waals surface area (Å²) in [5, 5.41) is 0. The van der Waals surface area contributed by atoms with E-state index < -0.39 is 21.3 Å². The van der Waals surface area contributed by atoms with Crippen LogP contribution in [-0.2, 0) is 10.0 Å². The second kappa shape index (κ2) is 5.84. The maximum absolute atomic E-state index is 12.8.